The molecule has 0 radical (unpaired) electrons. The largest absolute Gasteiger partial charge is 0.398 e. The number of unbranched alkanes of at least 4 members (excludes halogenated alkanes) is 3. The van der Waals surface area contributed by atoms with Crippen LogP contribution in [-0.4, -0.2) is 20.2 Å². The Hall–Kier alpha value is -1.43. The van der Waals surface area contributed by atoms with Crippen LogP contribution >= 0.6 is 15.9 Å². The van der Waals surface area contributed by atoms with Crippen LogP contribution in [0.3, 0.4) is 0 Å². The summed E-state index contributed by atoms with van der Waals surface area (Å²) in [5.74, 6) is 0.775. The summed E-state index contributed by atoms with van der Waals surface area (Å²) in [6, 6.07) is 6.09. The van der Waals surface area contributed by atoms with Gasteiger partial charge < -0.3 is 5.73 Å². The van der Waals surface area contributed by atoms with Gasteiger partial charge >= 0.3 is 0 Å². The van der Waals surface area contributed by atoms with Gasteiger partial charge in [0.25, 0.3) is 0 Å². The summed E-state index contributed by atoms with van der Waals surface area (Å²) < 4.78 is 2.78. The first-order valence-electron chi connectivity index (χ1n) is 7.46. The normalized spacial score (nSPS) is 12.5. The average Bonchev–Trinajstić information content (AvgIpc) is 2.96. The molecule has 2 aromatic rings. The number of aromatic nitrogens is 4. The summed E-state index contributed by atoms with van der Waals surface area (Å²) in [5, 5.41) is 12.1. The molecule has 0 saturated carbocycles. The minimum atomic E-state index is 0.289. The van der Waals surface area contributed by atoms with Crippen molar-refractivity contribution in [3.05, 3.63) is 22.7 Å². The highest BCUT2D eigenvalue weighted by Gasteiger charge is 2.15. The zero-order valence-corrected chi connectivity index (χ0v) is 14.2. The van der Waals surface area contributed by atoms with Crippen LogP contribution < -0.4 is 5.73 Å². The van der Waals surface area contributed by atoms with Crippen molar-refractivity contribution < 1.29 is 0 Å². The van der Waals surface area contributed by atoms with Crippen molar-refractivity contribution in [2.45, 2.75) is 52.0 Å². The van der Waals surface area contributed by atoms with Gasteiger partial charge in [-0.05, 0) is 57.9 Å². The van der Waals surface area contributed by atoms with E-state index >= 15 is 0 Å². The molecule has 5 nitrogen and oxygen atoms in total. The average molecular weight is 352 g/mol. The monoisotopic (exact) mass is 351 g/mol. The second-order valence-electron chi connectivity index (χ2n) is 5.38. The summed E-state index contributed by atoms with van der Waals surface area (Å²) >= 11 is 3.41. The van der Waals surface area contributed by atoms with Crippen molar-refractivity contribution >= 4 is 21.6 Å². The minimum absolute atomic E-state index is 0.289. The first kappa shape index (κ1) is 15.9. The number of tetrazole rings is 1. The van der Waals surface area contributed by atoms with Crippen LogP contribution in [0.15, 0.2) is 22.7 Å². The molecule has 21 heavy (non-hydrogen) atoms. The number of hydrogen-bond acceptors (Lipinski definition) is 4. The highest BCUT2D eigenvalue weighted by Crippen LogP contribution is 2.27. The standard InChI is InChI=1S/C15H22BrN5/c1-3-4-5-6-7-11(2)21-15(18-19-20-21)12-8-9-13(16)14(17)10-12/h8-11H,3-7,17H2,1-2H3. The third-order valence-electron chi connectivity index (χ3n) is 3.64. The number of benzene rings is 1. The summed E-state index contributed by atoms with van der Waals surface area (Å²) in [6.07, 6.45) is 6.10. The van der Waals surface area contributed by atoms with E-state index in [2.05, 4.69) is 45.3 Å². The van der Waals surface area contributed by atoms with E-state index in [1.165, 1.54) is 25.7 Å². The molecule has 1 heterocycles. The molecule has 0 amide bonds. The van der Waals surface area contributed by atoms with Gasteiger partial charge in [-0.25, -0.2) is 4.68 Å². The lowest BCUT2D eigenvalue weighted by molar-refractivity contribution is 0.430. The number of nitrogens with two attached hydrogens (primary N) is 1. The SMILES string of the molecule is CCCCCCC(C)n1nnnc1-c1ccc(Br)c(N)c1. The Morgan fingerprint density at radius 3 is 2.81 bits per heavy atom. The van der Waals surface area contributed by atoms with E-state index in [-0.39, 0.29) is 6.04 Å². The van der Waals surface area contributed by atoms with E-state index in [1.54, 1.807) is 0 Å². The molecule has 0 spiro atoms. The molecule has 1 atom stereocenters. The van der Waals surface area contributed by atoms with Crippen LogP contribution in [0, 0.1) is 0 Å². The zero-order chi connectivity index (χ0) is 15.2. The van der Waals surface area contributed by atoms with Crippen LogP contribution in [0.4, 0.5) is 5.69 Å². The Labute approximate surface area is 134 Å². The van der Waals surface area contributed by atoms with Gasteiger partial charge in [0, 0.05) is 15.7 Å². The van der Waals surface area contributed by atoms with Crippen LogP contribution in [0.1, 0.15) is 52.0 Å². The fraction of sp³-hybridized carbons (Fsp3) is 0.533. The fourth-order valence-corrected chi connectivity index (χ4v) is 2.60. The number of halogens is 1. The van der Waals surface area contributed by atoms with E-state index in [0.717, 1.165) is 22.3 Å². The highest BCUT2D eigenvalue weighted by molar-refractivity contribution is 9.10. The Morgan fingerprint density at radius 2 is 2.10 bits per heavy atom. The minimum Gasteiger partial charge on any atom is -0.398 e. The first-order valence-corrected chi connectivity index (χ1v) is 8.26. The number of hydrogen-bond donors (Lipinski definition) is 1. The maximum absolute atomic E-state index is 5.94. The van der Waals surface area contributed by atoms with Gasteiger partial charge in [-0.15, -0.1) is 5.10 Å². The van der Waals surface area contributed by atoms with E-state index in [1.807, 2.05) is 22.9 Å². The van der Waals surface area contributed by atoms with Gasteiger partial charge in [0.15, 0.2) is 5.82 Å². The van der Waals surface area contributed by atoms with Crippen molar-refractivity contribution in [2.24, 2.45) is 0 Å². The van der Waals surface area contributed by atoms with Gasteiger partial charge in [0.2, 0.25) is 0 Å². The number of anilines is 1. The van der Waals surface area contributed by atoms with E-state index in [9.17, 15) is 0 Å². The first-order chi connectivity index (χ1) is 10.1. The lowest BCUT2D eigenvalue weighted by atomic mass is 10.1. The summed E-state index contributed by atoms with van der Waals surface area (Å²) in [4.78, 5) is 0. The van der Waals surface area contributed by atoms with Crippen molar-refractivity contribution in [3.63, 3.8) is 0 Å². The third-order valence-corrected chi connectivity index (χ3v) is 4.36. The Bertz CT molecular complexity index is 581. The van der Waals surface area contributed by atoms with E-state index < -0.39 is 0 Å². The Morgan fingerprint density at radius 1 is 1.29 bits per heavy atom. The second-order valence-corrected chi connectivity index (χ2v) is 6.24. The number of nitrogen functional groups attached to an aromatic ring is 1. The predicted molar refractivity (Wildman–Crippen MR) is 88.8 cm³/mol. The van der Waals surface area contributed by atoms with Gasteiger partial charge in [-0.1, -0.05) is 32.6 Å². The third kappa shape index (κ3) is 4.03. The van der Waals surface area contributed by atoms with Crippen LogP contribution in [0.2, 0.25) is 0 Å². The topological polar surface area (TPSA) is 69.6 Å². The van der Waals surface area contributed by atoms with Crippen LogP contribution in [-0.2, 0) is 0 Å². The van der Waals surface area contributed by atoms with Crippen molar-refractivity contribution in [3.8, 4) is 11.4 Å². The maximum atomic E-state index is 5.94. The van der Waals surface area contributed by atoms with Crippen molar-refractivity contribution in [1.29, 1.82) is 0 Å². The summed E-state index contributed by atoms with van der Waals surface area (Å²) in [5.41, 5.74) is 7.58. The van der Waals surface area contributed by atoms with Gasteiger partial charge in [-0.2, -0.15) is 0 Å². The van der Waals surface area contributed by atoms with E-state index in [4.69, 9.17) is 5.73 Å². The number of rotatable bonds is 7. The molecule has 0 saturated heterocycles. The lowest BCUT2D eigenvalue weighted by Gasteiger charge is -2.13. The van der Waals surface area contributed by atoms with Crippen LogP contribution in [0.5, 0.6) is 0 Å². The Balaban J connectivity index is 2.12. The molecule has 0 bridgehead atoms. The number of nitrogens with zero attached hydrogens (tertiary/aromatic N) is 4. The maximum Gasteiger partial charge on any atom is 0.182 e. The smallest absolute Gasteiger partial charge is 0.182 e. The molecule has 2 rings (SSSR count). The summed E-state index contributed by atoms with van der Waals surface area (Å²) in [7, 11) is 0. The lowest BCUT2D eigenvalue weighted by Crippen LogP contribution is -2.09. The van der Waals surface area contributed by atoms with Gasteiger partial charge in [0.05, 0.1) is 6.04 Å². The van der Waals surface area contributed by atoms with Crippen molar-refractivity contribution in [1.82, 2.24) is 20.2 Å². The molecule has 114 valence electrons. The van der Waals surface area contributed by atoms with E-state index in [0.29, 0.717) is 5.69 Å². The highest BCUT2D eigenvalue weighted by atomic mass is 79.9. The molecule has 1 unspecified atom stereocenters. The molecule has 0 aliphatic heterocycles. The fourth-order valence-electron chi connectivity index (χ4n) is 2.35. The second kappa shape index (κ2) is 7.54. The molecular formula is C15H22BrN5. The van der Waals surface area contributed by atoms with Crippen LogP contribution in [0.25, 0.3) is 11.4 Å². The quantitative estimate of drug-likeness (QED) is 0.598. The molecule has 0 fully saturated rings. The zero-order valence-electron chi connectivity index (χ0n) is 12.6. The molecule has 0 aliphatic rings. The van der Waals surface area contributed by atoms with Gasteiger partial charge in [-0.3, -0.25) is 0 Å². The molecular weight excluding hydrogens is 330 g/mol. The molecule has 0 aliphatic carbocycles. The molecule has 1 aromatic carbocycles. The van der Waals surface area contributed by atoms with Gasteiger partial charge in [0.1, 0.15) is 0 Å². The van der Waals surface area contributed by atoms with Crippen molar-refractivity contribution in [2.75, 3.05) is 5.73 Å². The Kier molecular flexibility index (Phi) is 5.73. The summed E-state index contributed by atoms with van der Waals surface area (Å²) in [6.45, 7) is 4.38. The molecule has 6 heteroatoms. The predicted octanol–water partition coefficient (Wildman–Crippen LogP) is 4.22. The molecule has 1 aromatic heterocycles. The molecule has 2 N–H and O–H groups in total.